The molecule has 2 rings (SSSR count). The van der Waals surface area contributed by atoms with Crippen molar-refractivity contribution in [3.63, 3.8) is 0 Å². The van der Waals surface area contributed by atoms with Crippen LogP contribution in [-0.4, -0.2) is 30.5 Å². The highest BCUT2D eigenvalue weighted by atomic mass is 32.2. The van der Waals surface area contributed by atoms with Gasteiger partial charge < -0.3 is 10.6 Å². The summed E-state index contributed by atoms with van der Waals surface area (Å²) in [6.45, 7) is 0.656. The van der Waals surface area contributed by atoms with Crippen molar-refractivity contribution >= 4 is 23.4 Å². The van der Waals surface area contributed by atoms with Crippen molar-refractivity contribution in [2.24, 2.45) is 0 Å². The third-order valence-electron chi connectivity index (χ3n) is 3.02. The van der Waals surface area contributed by atoms with Crippen molar-refractivity contribution < 1.29 is 9.18 Å². The highest BCUT2D eigenvalue weighted by Crippen LogP contribution is 2.25. The number of benzene rings is 1. The summed E-state index contributed by atoms with van der Waals surface area (Å²) < 4.78 is 13.5. The van der Waals surface area contributed by atoms with E-state index >= 15 is 0 Å². The summed E-state index contributed by atoms with van der Waals surface area (Å²) in [5, 5.41) is 6.11. The average molecular weight is 268 g/mol. The lowest BCUT2D eigenvalue weighted by Gasteiger charge is -2.13. The number of para-hydroxylation sites is 1. The molecule has 0 saturated carbocycles. The van der Waals surface area contributed by atoms with Gasteiger partial charge in [-0.05, 0) is 30.7 Å². The third-order valence-corrected chi connectivity index (χ3v) is 4.42. The Kier molecular flexibility index (Phi) is 4.47. The van der Waals surface area contributed by atoms with Crippen molar-refractivity contribution in [1.29, 1.82) is 0 Å². The van der Waals surface area contributed by atoms with Gasteiger partial charge >= 0.3 is 0 Å². The number of carbonyl (C=O) groups is 1. The summed E-state index contributed by atoms with van der Waals surface area (Å²) in [5.74, 6) is 0.550. The summed E-state index contributed by atoms with van der Waals surface area (Å²) in [6, 6.07) is 4.52. The Morgan fingerprint density at radius 1 is 1.56 bits per heavy atom. The van der Waals surface area contributed by atoms with Gasteiger partial charge in [-0.25, -0.2) is 4.39 Å². The first-order chi connectivity index (χ1) is 8.72. The Balaban J connectivity index is 2.01. The van der Waals surface area contributed by atoms with E-state index in [1.54, 1.807) is 19.2 Å². The van der Waals surface area contributed by atoms with Crippen molar-refractivity contribution in [3.8, 4) is 0 Å². The van der Waals surface area contributed by atoms with Gasteiger partial charge in [-0.3, -0.25) is 4.79 Å². The van der Waals surface area contributed by atoms with E-state index < -0.39 is 5.82 Å². The van der Waals surface area contributed by atoms with E-state index in [4.69, 9.17) is 0 Å². The number of hydrogen-bond donors (Lipinski definition) is 2. The van der Waals surface area contributed by atoms with Crippen LogP contribution < -0.4 is 10.6 Å². The molecule has 3 nitrogen and oxygen atoms in total. The highest BCUT2D eigenvalue weighted by Gasteiger charge is 2.18. The topological polar surface area (TPSA) is 41.1 Å². The van der Waals surface area contributed by atoms with Crippen LogP contribution in [0.5, 0.6) is 0 Å². The second kappa shape index (κ2) is 6.09. The third kappa shape index (κ3) is 2.96. The van der Waals surface area contributed by atoms with Crippen LogP contribution in [0.3, 0.4) is 0 Å². The van der Waals surface area contributed by atoms with Crippen molar-refractivity contribution in [1.82, 2.24) is 5.32 Å². The van der Waals surface area contributed by atoms with E-state index in [0.29, 0.717) is 17.4 Å². The van der Waals surface area contributed by atoms with Crippen molar-refractivity contribution in [2.45, 2.75) is 18.1 Å². The smallest absolute Gasteiger partial charge is 0.253 e. The van der Waals surface area contributed by atoms with Crippen LogP contribution >= 0.6 is 11.8 Å². The predicted octanol–water partition coefficient (Wildman–Crippen LogP) is 2.49. The molecule has 1 atom stereocenters. The molecule has 0 spiro atoms. The molecule has 1 saturated heterocycles. The molecule has 2 N–H and O–H groups in total. The molecule has 1 aliphatic heterocycles. The van der Waals surface area contributed by atoms with Gasteiger partial charge in [-0.1, -0.05) is 6.07 Å². The van der Waals surface area contributed by atoms with Crippen LogP contribution in [0.25, 0.3) is 0 Å². The standard InChI is InChI=1S/C13H17FN2OS/c1-15-12-10(5-2-6-11(12)14)13(17)16-8-9-4-3-7-18-9/h2,5-6,9,15H,3-4,7-8H2,1H3,(H,16,17). The van der Waals surface area contributed by atoms with Gasteiger partial charge in [0.2, 0.25) is 0 Å². The molecule has 0 radical (unpaired) electrons. The van der Waals surface area contributed by atoms with Crippen LogP contribution in [0.4, 0.5) is 10.1 Å². The number of anilines is 1. The molecule has 0 bridgehead atoms. The van der Waals surface area contributed by atoms with Crippen LogP contribution in [-0.2, 0) is 0 Å². The molecule has 1 fully saturated rings. The molecule has 1 unspecified atom stereocenters. The number of hydrogen-bond acceptors (Lipinski definition) is 3. The molecule has 1 aromatic rings. The maximum atomic E-state index is 13.5. The lowest BCUT2D eigenvalue weighted by atomic mass is 10.1. The second-order valence-electron chi connectivity index (χ2n) is 4.26. The molecule has 0 aliphatic carbocycles. The molecular weight excluding hydrogens is 251 g/mol. The Morgan fingerprint density at radius 2 is 2.39 bits per heavy atom. The van der Waals surface area contributed by atoms with E-state index in [1.165, 1.54) is 18.2 Å². The minimum atomic E-state index is -0.402. The Labute approximate surface area is 111 Å². The van der Waals surface area contributed by atoms with Crippen LogP contribution in [0.1, 0.15) is 23.2 Å². The van der Waals surface area contributed by atoms with Crippen molar-refractivity contribution in [2.75, 3.05) is 24.7 Å². The summed E-state index contributed by atoms with van der Waals surface area (Å²) >= 11 is 1.89. The Hall–Kier alpha value is -1.23. The van der Waals surface area contributed by atoms with Gasteiger partial charge in [0.25, 0.3) is 5.91 Å². The van der Waals surface area contributed by atoms with Gasteiger partial charge in [-0.2, -0.15) is 11.8 Å². The van der Waals surface area contributed by atoms with Crippen molar-refractivity contribution in [3.05, 3.63) is 29.6 Å². The molecule has 0 aromatic heterocycles. The number of carbonyl (C=O) groups excluding carboxylic acids is 1. The quantitative estimate of drug-likeness (QED) is 0.881. The van der Waals surface area contributed by atoms with Crippen LogP contribution in [0, 0.1) is 5.82 Å². The summed E-state index contributed by atoms with van der Waals surface area (Å²) in [4.78, 5) is 12.0. The molecule has 5 heteroatoms. The van der Waals surface area contributed by atoms with Gasteiger partial charge in [0.15, 0.2) is 0 Å². The van der Waals surface area contributed by atoms with E-state index in [0.717, 1.165) is 6.42 Å². The molecule has 1 heterocycles. The fourth-order valence-corrected chi connectivity index (χ4v) is 3.28. The summed E-state index contributed by atoms with van der Waals surface area (Å²) in [5.41, 5.74) is 0.620. The molecule has 98 valence electrons. The summed E-state index contributed by atoms with van der Waals surface area (Å²) in [7, 11) is 1.61. The first-order valence-corrected chi connectivity index (χ1v) is 7.13. The first-order valence-electron chi connectivity index (χ1n) is 6.08. The van der Waals surface area contributed by atoms with E-state index in [1.807, 2.05) is 11.8 Å². The summed E-state index contributed by atoms with van der Waals surface area (Å²) in [6.07, 6.45) is 2.36. The monoisotopic (exact) mass is 268 g/mol. The van der Waals surface area contributed by atoms with Gasteiger partial charge in [0, 0.05) is 18.8 Å². The van der Waals surface area contributed by atoms with Gasteiger partial charge in [-0.15, -0.1) is 0 Å². The first kappa shape index (κ1) is 13.2. The fraction of sp³-hybridized carbons (Fsp3) is 0.462. The number of halogens is 1. The maximum absolute atomic E-state index is 13.5. The molecule has 1 aromatic carbocycles. The van der Waals surface area contributed by atoms with Crippen LogP contribution in [0.2, 0.25) is 0 Å². The normalized spacial score (nSPS) is 18.7. The number of thioether (sulfide) groups is 1. The zero-order chi connectivity index (χ0) is 13.0. The number of amides is 1. The minimum Gasteiger partial charge on any atom is -0.385 e. The molecular formula is C13H17FN2OS. The van der Waals surface area contributed by atoms with E-state index in [-0.39, 0.29) is 11.6 Å². The zero-order valence-electron chi connectivity index (χ0n) is 10.3. The number of rotatable bonds is 4. The largest absolute Gasteiger partial charge is 0.385 e. The maximum Gasteiger partial charge on any atom is 0.253 e. The highest BCUT2D eigenvalue weighted by molar-refractivity contribution is 8.00. The average Bonchev–Trinajstić information content (AvgIpc) is 2.88. The van der Waals surface area contributed by atoms with E-state index in [9.17, 15) is 9.18 Å². The van der Waals surface area contributed by atoms with Gasteiger partial charge in [0.05, 0.1) is 11.3 Å². The Morgan fingerprint density at radius 3 is 3.06 bits per heavy atom. The van der Waals surface area contributed by atoms with E-state index in [2.05, 4.69) is 10.6 Å². The number of nitrogens with one attached hydrogen (secondary N) is 2. The second-order valence-corrected chi connectivity index (χ2v) is 5.67. The minimum absolute atomic E-state index is 0.216. The van der Waals surface area contributed by atoms with Crippen LogP contribution in [0.15, 0.2) is 18.2 Å². The fourth-order valence-electron chi connectivity index (χ4n) is 2.07. The lowest BCUT2D eigenvalue weighted by Crippen LogP contribution is -2.30. The molecule has 1 aliphatic rings. The molecule has 18 heavy (non-hydrogen) atoms. The Bertz CT molecular complexity index is 433. The lowest BCUT2D eigenvalue weighted by molar-refractivity contribution is 0.0954. The predicted molar refractivity (Wildman–Crippen MR) is 73.8 cm³/mol. The zero-order valence-corrected chi connectivity index (χ0v) is 11.1. The van der Waals surface area contributed by atoms with Gasteiger partial charge in [0.1, 0.15) is 5.82 Å². The molecule has 1 amide bonds. The SMILES string of the molecule is CNc1c(F)cccc1C(=O)NCC1CCCS1.